The molecule has 0 bridgehead atoms. The third kappa shape index (κ3) is 1.62. The highest BCUT2D eigenvalue weighted by atomic mass is 35.5. The Balaban J connectivity index is 3.13. The monoisotopic (exact) mass is 207 g/mol. The fraction of sp³-hybridized carbons (Fsp3) is 0.429. The fourth-order valence-electron chi connectivity index (χ4n) is 0.863. The van der Waals surface area contributed by atoms with Crippen LogP contribution < -0.4 is 0 Å². The largest absolute Gasteiger partial charge is 0.359 e. The summed E-state index contributed by atoms with van der Waals surface area (Å²) in [6.45, 7) is 1.41. The van der Waals surface area contributed by atoms with E-state index in [0.29, 0.717) is 11.3 Å². The van der Waals surface area contributed by atoms with Crippen LogP contribution in [0.15, 0.2) is 4.52 Å². The van der Waals surface area contributed by atoms with E-state index in [1.165, 1.54) is 6.92 Å². The first-order chi connectivity index (χ1) is 5.70. The van der Waals surface area contributed by atoms with E-state index in [9.17, 15) is 4.79 Å². The predicted molar refractivity (Wildman–Crippen MR) is 45.6 cm³/mol. The third-order valence-corrected chi connectivity index (χ3v) is 1.97. The number of carbonyl (C=O) groups is 1. The number of hydrogen-bond donors (Lipinski definition) is 0. The number of aromatic nitrogens is 1. The van der Waals surface area contributed by atoms with Crippen LogP contribution in [0.3, 0.4) is 0 Å². The molecular formula is C7H7Cl2NO2. The number of Topliss-reactive ketones (excluding diaryl/α,β-unsaturated/α-hetero) is 1. The van der Waals surface area contributed by atoms with Gasteiger partial charge in [-0.15, -0.1) is 23.2 Å². The quantitative estimate of drug-likeness (QED) is 0.565. The molecule has 0 aromatic carbocycles. The molecular weight excluding hydrogens is 201 g/mol. The molecule has 5 heteroatoms. The topological polar surface area (TPSA) is 43.1 Å². The van der Waals surface area contributed by atoms with Crippen molar-refractivity contribution >= 4 is 29.0 Å². The Morgan fingerprint density at radius 3 is 2.58 bits per heavy atom. The Labute approximate surface area is 79.6 Å². The zero-order valence-corrected chi connectivity index (χ0v) is 7.95. The van der Waals surface area contributed by atoms with Crippen LogP contribution in [-0.2, 0) is 11.8 Å². The Bertz CT molecular complexity index is 296. The van der Waals surface area contributed by atoms with Crippen molar-refractivity contribution in [1.29, 1.82) is 0 Å². The smallest absolute Gasteiger partial charge is 0.181 e. The molecule has 0 N–H and O–H groups in total. The molecule has 12 heavy (non-hydrogen) atoms. The van der Waals surface area contributed by atoms with E-state index in [0.717, 1.165) is 0 Å². The van der Waals surface area contributed by atoms with Gasteiger partial charge < -0.3 is 4.52 Å². The van der Waals surface area contributed by atoms with Gasteiger partial charge in [-0.3, -0.25) is 4.79 Å². The van der Waals surface area contributed by atoms with Gasteiger partial charge in [0.1, 0.15) is 0 Å². The van der Waals surface area contributed by atoms with Crippen LogP contribution >= 0.6 is 23.2 Å². The second-order valence-electron chi connectivity index (χ2n) is 2.26. The van der Waals surface area contributed by atoms with Crippen LogP contribution in [0.1, 0.15) is 28.7 Å². The lowest BCUT2D eigenvalue weighted by Gasteiger charge is -1.92. The highest BCUT2D eigenvalue weighted by Crippen LogP contribution is 2.18. The molecule has 0 unspecified atom stereocenters. The normalized spacial score (nSPS) is 10.2. The Kier molecular flexibility index (Phi) is 3.12. The summed E-state index contributed by atoms with van der Waals surface area (Å²) in [5.41, 5.74) is 0.875. The summed E-state index contributed by atoms with van der Waals surface area (Å²) in [6.07, 6.45) is 0. The first-order valence-corrected chi connectivity index (χ1v) is 4.38. The lowest BCUT2D eigenvalue weighted by Crippen LogP contribution is -1.97. The number of nitrogens with zero attached hydrogens (tertiary/aromatic N) is 1. The van der Waals surface area contributed by atoms with E-state index in [2.05, 4.69) is 5.16 Å². The van der Waals surface area contributed by atoms with Crippen LogP contribution in [0, 0.1) is 0 Å². The summed E-state index contributed by atoms with van der Waals surface area (Å²) in [5, 5.41) is 3.56. The van der Waals surface area contributed by atoms with Crippen LogP contribution in [0.5, 0.6) is 0 Å². The molecule has 0 saturated heterocycles. The molecule has 0 amide bonds. The van der Waals surface area contributed by atoms with E-state index >= 15 is 0 Å². The average Bonchev–Trinajstić information content (AvgIpc) is 2.46. The van der Waals surface area contributed by atoms with Gasteiger partial charge >= 0.3 is 0 Å². The van der Waals surface area contributed by atoms with Crippen LogP contribution in [0.4, 0.5) is 0 Å². The number of carbonyl (C=O) groups excluding carboxylic acids is 1. The number of hydrogen-bond acceptors (Lipinski definition) is 3. The molecule has 0 aliphatic carbocycles. The second kappa shape index (κ2) is 3.92. The molecule has 0 fully saturated rings. The third-order valence-electron chi connectivity index (χ3n) is 1.46. The summed E-state index contributed by atoms with van der Waals surface area (Å²) in [5.74, 6) is 0.686. The van der Waals surface area contributed by atoms with Crippen molar-refractivity contribution in [3.05, 3.63) is 17.0 Å². The summed E-state index contributed by atoms with van der Waals surface area (Å²) in [4.78, 5) is 10.9. The number of alkyl halides is 2. The Morgan fingerprint density at radius 2 is 2.17 bits per heavy atom. The molecule has 0 aliphatic heterocycles. The fourth-order valence-corrected chi connectivity index (χ4v) is 1.35. The van der Waals surface area contributed by atoms with Gasteiger partial charge in [0.25, 0.3) is 0 Å². The maximum Gasteiger partial charge on any atom is 0.181 e. The lowest BCUT2D eigenvalue weighted by molar-refractivity contribution is 0.100. The summed E-state index contributed by atoms with van der Waals surface area (Å²) in [6, 6.07) is 0. The summed E-state index contributed by atoms with van der Waals surface area (Å²) in [7, 11) is 0. The van der Waals surface area contributed by atoms with Crippen molar-refractivity contribution in [2.24, 2.45) is 0 Å². The molecule has 0 radical (unpaired) electrons. The van der Waals surface area contributed by atoms with E-state index in [-0.39, 0.29) is 23.2 Å². The molecule has 1 aromatic heterocycles. The maximum atomic E-state index is 10.9. The average molecular weight is 208 g/mol. The minimum Gasteiger partial charge on any atom is -0.359 e. The Morgan fingerprint density at radius 1 is 1.50 bits per heavy atom. The van der Waals surface area contributed by atoms with Gasteiger partial charge in [0.15, 0.2) is 17.2 Å². The van der Waals surface area contributed by atoms with Gasteiger partial charge in [0.05, 0.1) is 11.8 Å². The molecule has 66 valence electrons. The molecule has 1 aromatic rings. The summed E-state index contributed by atoms with van der Waals surface area (Å²) >= 11 is 11.1. The van der Waals surface area contributed by atoms with Crippen LogP contribution in [-0.4, -0.2) is 10.9 Å². The van der Waals surface area contributed by atoms with Gasteiger partial charge in [-0.2, -0.15) is 0 Å². The highest BCUT2D eigenvalue weighted by Gasteiger charge is 2.16. The van der Waals surface area contributed by atoms with E-state index in [1.807, 2.05) is 0 Å². The van der Waals surface area contributed by atoms with Gasteiger partial charge in [-0.25, -0.2) is 0 Å². The van der Waals surface area contributed by atoms with E-state index in [1.54, 1.807) is 0 Å². The van der Waals surface area contributed by atoms with Crippen molar-refractivity contribution in [3.8, 4) is 0 Å². The number of halogens is 2. The molecule has 1 rings (SSSR count). The zero-order valence-electron chi connectivity index (χ0n) is 6.43. The van der Waals surface area contributed by atoms with Crippen molar-refractivity contribution in [2.45, 2.75) is 18.7 Å². The molecule has 1 heterocycles. The SMILES string of the molecule is CC(=O)c1noc(CCl)c1CCl. The zero-order chi connectivity index (χ0) is 9.14. The molecule has 0 aliphatic rings. The summed E-state index contributed by atoms with van der Waals surface area (Å²) < 4.78 is 4.81. The standard InChI is InChI=1S/C7H7Cl2NO2/c1-4(11)7-5(2-8)6(3-9)12-10-7/h2-3H2,1H3. The molecule has 0 saturated carbocycles. The highest BCUT2D eigenvalue weighted by molar-refractivity contribution is 6.19. The van der Waals surface area contributed by atoms with E-state index in [4.69, 9.17) is 27.7 Å². The van der Waals surface area contributed by atoms with Crippen molar-refractivity contribution in [2.75, 3.05) is 0 Å². The van der Waals surface area contributed by atoms with E-state index < -0.39 is 0 Å². The predicted octanol–water partition coefficient (Wildman–Crippen LogP) is 2.35. The molecule has 3 nitrogen and oxygen atoms in total. The lowest BCUT2D eigenvalue weighted by atomic mass is 10.2. The van der Waals surface area contributed by atoms with Crippen LogP contribution in [0.2, 0.25) is 0 Å². The van der Waals surface area contributed by atoms with Crippen LogP contribution in [0.25, 0.3) is 0 Å². The van der Waals surface area contributed by atoms with Crippen molar-refractivity contribution < 1.29 is 9.32 Å². The van der Waals surface area contributed by atoms with Gasteiger partial charge in [0.2, 0.25) is 0 Å². The minimum atomic E-state index is -0.161. The van der Waals surface area contributed by atoms with Crippen molar-refractivity contribution in [3.63, 3.8) is 0 Å². The Hall–Kier alpha value is -0.540. The van der Waals surface area contributed by atoms with Gasteiger partial charge in [-0.05, 0) is 0 Å². The maximum absolute atomic E-state index is 10.9. The first kappa shape index (κ1) is 9.55. The van der Waals surface area contributed by atoms with Gasteiger partial charge in [-0.1, -0.05) is 5.16 Å². The first-order valence-electron chi connectivity index (χ1n) is 3.31. The van der Waals surface area contributed by atoms with Crippen molar-refractivity contribution in [1.82, 2.24) is 5.16 Å². The number of rotatable bonds is 3. The second-order valence-corrected chi connectivity index (χ2v) is 2.79. The minimum absolute atomic E-state index is 0.161. The number of ketones is 1. The van der Waals surface area contributed by atoms with Gasteiger partial charge in [0, 0.05) is 12.5 Å². The molecule has 0 spiro atoms. The molecule has 0 atom stereocenters.